The highest BCUT2D eigenvalue weighted by Crippen LogP contribution is 2.28. The molecule has 0 aliphatic heterocycles. The Morgan fingerprint density at radius 1 is 0.923 bits per heavy atom. The van der Waals surface area contributed by atoms with E-state index in [9.17, 15) is 0 Å². The maximum atomic E-state index is 5.83. The average molecular weight is 171 g/mol. The molecule has 0 aliphatic rings. The summed E-state index contributed by atoms with van der Waals surface area (Å²) in [5.74, 6) is 0. The van der Waals surface area contributed by atoms with E-state index in [-0.39, 0.29) is 0 Å². The molecule has 0 atom stereocenters. The van der Waals surface area contributed by atoms with Gasteiger partial charge in [-0.3, -0.25) is 0 Å². The van der Waals surface area contributed by atoms with Gasteiger partial charge < -0.3 is 11.5 Å². The molecule has 2 heteroatoms. The Labute approximate surface area is 77.2 Å². The molecule has 0 heterocycles. The number of anilines is 2. The second kappa shape index (κ2) is 2.66. The highest BCUT2D eigenvalue weighted by Gasteiger charge is 2.02. The van der Waals surface area contributed by atoms with Crippen LogP contribution in [-0.4, -0.2) is 0 Å². The number of rotatable bonds is 0. The van der Waals surface area contributed by atoms with Crippen LogP contribution in [0.5, 0.6) is 0 Å². The molecule has 2 nitrogen and oxygen atoms in total. The van der Waals surface area contributed by atoms with Crippen LogP contribution in [0.4, 0.5) is 11.4 Å². The van der Waals surface area contributed by atoms with Crippen molar-refractivity contribution in [3.8, 4) is 0 Å². The molecule has 0 aliphatic carbocycles. The van der Waals surface area contributed by atoms with E-state index >= 15 is 0 Å². The van der Waals surface area contributed by atoms with Crippen LogP contribution in [0, 0.1) is 6.92 Å². The first-order valence-electron chi connectivity index (χ1n) is 4.09. The summed E-state index contributed by atoms with van der Waals surface area (Å²) in [6, 6.07) is 9.60. The fraction of sp³-hybridized carbons (Fsp3) is 0. The van der Waals surface area contributed by atoms with Gasteiger partial charge in [0.25, 0.3) is 0 Å². The van der Waals surface area contributed by atoms with Crippen LogP contribution in [0.3, 0.4) is 0 Å². The molecule has 0 saturated carbocycles. The van der Waals surface area contributed by atoms with E-state index in [1.54, 1.807) is 0 Å². The lowest BCUT2D eigenvalue weighted by Gasteiger charge is -2.06. The summed E-state index contributed by atoms with van der Waals surface area (Å²) in [4.78, 5) is 0. The molecule has 0 amide bonds. The van der Waals surface area contributed by atoms with Crippen LogP contribution in [0.1, 0.15) is 5.56 Å². The van der Waals surface area contributed by atoms with Crippen molar-refractivity contribution < 1.29 is 0 Å². The van der Waals surface area contributed by atoms with E-state index < -0.39 is 0 Å². The van der Waals surface area contributed by atoms with E-state index in [1.807, 2.05) is 30.3 Å². The van der Waals surface area contributed by atoms with E-state index in [0.717, 1.165) is 16.3 Å². The normalized spacial score (nSPS) is 10.5. The summed E-state index contributed by atoms with van der Waals surface area (Å²) in [6.45, 7) is 3.92. The number of hydrogen-bond acceptors (Lipinski definition) is 2. The molecule has 65 valence electrons. The van der Waals surface area contributed by atoms with E-state index in [0.29, 0.717) is 11.4 Å². The van der Waals surface area contributed by atoms with E-state index in [2.05, 4.69) is 6.92 Å². The van der Waals surface area contributed by atoms with Gasteiger partial charge in [-0.25, -0.2) is 0 Å². The van der Waals surface area contributed by atoms with Crippen molar-refractivity contribution >= 4 is 22.1 Å². The van der Waals surface area contributed by atoms with Crippen LogP contribution in [0.25, 0.3) is 10.8 Å². The van der Waals surface area contributed by atoms with Crippen LogP contribution in [0.2, 0.25) is 0 Å². The number of nitrogens with two attached hydrogens (primary N) is 2. The highest BCUT2D eigenvalue weighted by molar-refractivity contribution is 6.00. The molecule has 0 aromatic heterocycles. The Morgan fingerprint density at radius 2 is 1.69 bits per heavy atom. The highest BCUT2D eigenvalue weighted by atomic mass is 14.7. The molecule has 2 aromatic carbocycles. The summed E-state index contributed by atoms with van der Waals surface area (Å²) in [6.07, 6.45) is 0. The molecule has 2 rings (SSSR count). The summed E-state index contributed by atoms with van der Waals surface area (Å²) >= 11 is 0. The number of hydrogen-bond donors (Lipinski definition) is 2. The Morgan fingerprint density at radius 3 is 2.46 bits per heavy atom. The summed E-state index contributed by atoms with van der Waals surface area (Å²) < 4.78 is 0. The van der Waals surface area contributed by atoms with Crippen molar-refractivity contribution in [3.63, 3.8) is 0 Å². The Hall–Kier alpha value is -1.70. The van der Waals surface area contributed by atoms with Gasteiger partial charge in [-0.15, -0.1) is 0 Å². The molecule has 1 radical (unpaired) electrons. The summed E-state index contributed by atoms with van der Waals surface area (Å²) in [5.41, 5.74) is 13.8. The minimum Gasteiger partial charge on any atom is -0.397 e. The lowest BCUT2D eigenvalue weighted by Crippen LogP contribution is -1.95. The Bertz CT molecular complexity index is 461. The minimum absolute atomic E-state index is 0.623. The zero-order valence-corrected chi connectivity index (χ0v) is 7.25. The molecule has 0 saturated heterocycles. The third-order valence-electron chi connectivity index (χ3n) is 2.23. The molecule has 2 aromatic rings. The maximum Gasteiger partial charge on any atom is 0.0627 e. The van der Waals surface area contributed by atoms with Crippen LogP contribution < -0.4 is 11.5 Å². The van der Waals surface area contributed by atoms with Gasteiger partial charge in [-0.1, -0.05) is 24.3 Å². The zero-order chi connectivity index (χ0) is 9.42. The fourth-order valence-electron chi connectivity index (χ4n) is 1.46. The van der Waals surface area contributed by atoms with Crippen molar-refractivity contribution in [1.29, 1.82) is 0 Å². The van der Waals surface area contributed by atoms with Gasteiger partial charge in [0.1, 0.15) is 0 Å². The molecule has 0 spiro atoms. The Kier molecular flexibility index (Phi) is 1.62. The first-order valence-corrected chi connectivity index (χ1v) is 4.09. The van der Waals surface area contributed by atoms with Crippen LogP contribution in [0.15, 0.2) is 30.3 Å². The van der Waals surface area contributed by atoms with Gasteiger partial charge in [0.05, 0.1) is 11.4 Å². The van der Waals surface area contributed by atoms with E-state index in [4.69, 9.17) is 11.5 Å². The molecule has 4 N–H and O–H groups in total. The van der Waals surface area contributed by atoms with Crippen molar-refractivity contribution in [3.05, 3.63) is 42.8 Å². The minimum atomic E-state index is 0.623. The predicted molar refractivity (Wildman–Crippen MR) is 57.2 cm³/mol. The van der Waals surface area contributed by atoms with E-state index in [1.165, 1.54) is 0 Å². The van der Waals surface area contributed by atoms with Gasteiger partial charge in [-0.05, 0) is 23.9 Å². The summed E-state index contributed by atoms with van der Waals surface area (Å²) in [5, 5.41) is 2.04. The van der Waals surface area contributed by atoms with Crippen LogP contribution >= 0.6 is 0 Å². The van der Waals surface area contributed by atoms with Gasteiger partial charge in [0.2, 0.25) is 0 Å². The molecular formula is C11H11N2. The lowest BCUT2D eigenvalue weighted by molar-refractivity contribution is 1.66. The second-order valence-electron chi connectivity index (χ2n) is 3.08. The third-order valence-corrected chi connectivity index (χ3v) is 2.23. The monoisotopic (exact) mass is 171 g/mol. The second-order valence-corrected chi connectivity index (χ2v) is 3.08. The zero-order valence-electron chi connectivity index (χ0n) is 7.25. The van der Waals surface area contributed by atoms with Gasteiger partial charge in [0.15, 0.2) is 0 Å². The first kappa shape index (κ1) is 7.92. The Balaban J connectivity index is 2.94. The molecule has 0 fully saturated rings. The molecule has 13 heavy (non-hydrogen) atoms. The van der Waals surface area contributed by atoms with Crippen molar-refractivity contribution in [1.82, 2.24) is 0 Å². The third kappa shape index (κ3) is 1.11. The number of benzene rings is 2. The van der Waals surface area contributed by atoms with Crippen molar-refractivity contribution in [2.24, 2.45) is 0 Å². The molecule has 0 bridgehead atoms. The predicted octanol–water partition coefficient (Wildman–Crippen LogP) is 2.19. The maximum absolute atomic E-state index is 5.83. The summed E-state index contributed by atoms with van der Waals surface area (Å²) in [7, 11) is 0. The smallest absolute Gasteiger partial charge is 0.0627 e. The van der Waals surface area contributed by atoms with Crippen molar-refractivity contribution in [2.45, 2.75) is 0 Å². The average Bonchev–Trinajstić information content (AvgIpc) is 2.12. The quantitative estimate of drug-likeness (QED) is 0.597. The van der Waals surface area contributed by atoms with Gasteiger partial charge >= 0.3 is 0 Å². The fourth-order valence-corrected chi connectivity index (χ4v) is 1.46. The largest absolute Gasteiger partial charge is 0.397 e. The number of fused-ring (bicyclic) bond motifs is 1. The van der Waals surface area contributed by atoms with Gasteiger partial charge in [-0.2, -0.15) is 0 Å². The molecular weight excluding hydrogens is 160 g/mol. The first-order chi connectivity index (χ1) is 6.20. The SMILES string of the molecule is [CH2]c1cccc2c(N)c(N)ccc12. The topological polar surface area (TPSA) is 52.0 Å². The van der Waals surface area contributed by atoms with Crippen molar-refractivity contribution in [2.75, 3.05) is 11.5 Å². The van der Waals surface area contributed by atoms with Crippen LogP contribution in [-0.2, 0) is 0 Å². The van der Waals surface area contributed by atoms with Gasteiger partial charge in [0, 0.05) is 5.39 Å². The molecule has 0 unspecified atom stereocenters. The standard InChI is InChI=1S/C11H11N2/c1-7-3-2-4-9-8(7)5-6-10(12)11(9)13/h2-6H,1,12-13H2. The number of nitrogen functional groups attached to an aromatic ring is 2. The lowest BCUT2D eigenvalue weighted by atomic mass is 10.0.